The summed E-state index contributed by atoms with van der Waals surface area (Å²) in [5.74, 6) is -0.513. The van der Waals surface area contributed by atoms with Gasteiger partial charge in [-0.1, -0.05) is 18.2 Å². The molecule has 9 heteroatoms. The summed E-state index contributed by atoms with van der Waals surface area (Å²) in [7, 11) is 0. The summed E-state index contributed by atoms with van der Waals surface area (Å²) in [5.41, 5.74) is -0.938. The molecule has 6 nitrogen and oxygen atoms in total. The number of aromatic nitrogens is 2. The van der Waals surface area contributed by atoms with E-state index >= 15 is 0 Å². The molecule has 0 amide bonds. The zero-order valence-electron chi connectivity index (χ0n) is 13.4. The number of hydrogen-bond acceptors (Lipinski definition) is 4. The Bertz CT molecular complexity index is 1170. The van der Waals surface area contributed by atoms with Crippen LogP contribution in [0.5, 0.6) is 11.8 Å². The van der Waals surface area contributed by atoms with Gasteiger partial charge in [-0.2, -0.15) is 13.2 Å². The summed E-state index contributed by atoms with van der Waals surface area (Å²) in [6.07, 6.45) is -2.13. The normalized spacial score (nSPS) is 20.6. The van der Waals surface area contributed by atoms with E-state index < -0.39 is 29.5 Å². The van der Waals surface area contributed by atoms with Gasteiger partial charge in [-0.05, 0) is 12.1 Å². The van der Waals surface area contributed by atoms with E-state index in [0.717, 1.165) is 4.57 Å². The molecule has 27 heavy (non-hydrogen) atoms. The van der Waals surface area contributed by atoms with Crippen LogP contribution in [-0.4, -0.2) is 19.8 Å². The van der Waals surface area contributed by atoms with Gasteiger partial charge in [0.15, 0.2) is 0 Å². The molecule has 2 aliphatic rings. The van der Waals surface area contributed by atoms with Crippen molar-refractivity contribution in [2.75, 3.05) is 0 Å². The minimum absolute atomic E-state index is 0.0580. The molecule has 3 N–H and O–H groups in total. The highest BCUT2D eigenvalue weighted by Crippen LogP contribution is 2.55. The number of alkyl halides is 3. The molecule has 4 heterocycles. The molecule has 5 rings (SSSR count). The van der Waals surface area contributed by atoms with Crippen molar-refractivity contribution >= 4 is 10.9 Å². The third kappa shape index (κ3) is 2.08. The molecule has 0 radical (unpaired) electrons. The summed E-state index contributed by atoms with van der Waals surface area (Å²) >= 11 is 0. The summed E-state index contributed by atoms with van der Waals surface area (Å²) < 4.78 is 46.3. The van der Waals surface area contributed by atoms with Gasteiger partial charge < -0.3 is 19.9 Å². The highest BCUT2D eigenvalue weighted by molar-refractivity contribution is 5.84. The molecular formula is C18H11F3N2O4. The van der Waals surface area contributed by atoms with Gasteiger partial charge >= 0.3 is 6.18 Å². The smallest absolute Gasteiger partial charge is 0.417 e. The van der Waals surface area contributed by atoms with E-state index in [0.29, 0.717) is 17.2 Å². The van der Waals surface area contributed by atoms with Gasteiger partial charge in [0.05, 0.1) is 27.9 Å². The Morgan fingerprint density at radius 1 is 1.04 bits per heavy atom. The van der Waals surface area contributed by atoms with Gasteiger partial charge in [0.25, 0.3) is 0 Å². The molecule has 0 aliphatic carbocycles. The molecule has 138 valence electrons. The number of halogens is 3. The molecule has 0 saturated carbocycles. The van der Waals surface area contributed by atoms with Gasteiger partial charge in [0.1, 0.15) is 12.2 Å². The van der Waals surface area contributed by atoms with E-state index in [9.17, 15) is 28.2 Å². The first-order valence-corrected chi connectivity index (χ1v) is 8.00. The average molecular weight is 376 g/mol. The average Bonchev–Trinajstić information content (AvgIpc) is 3.26. The number of aromatic amines is 1. The predicted octanol–water partition coefficient (Wildman–Crippen LogP) is 3.43. The number of fused-ring (bicyclic) bond motifs is 6. The number of benzene rings is 1. The topological polar surface area (TPSA) is 87.5 Å². The number of H-pyrrole nitrogens is 1. The van der Waals surface area contributed by atoms with E-state index in [-0.39, 0.29) is 28.4 Å². The summed E-state index contributed by atoms with van der Waals surface area (Å²) in [6.45, 7) is 0. The van der Waals surface area contributed by atoms with Crippen LogP contribution in [0, 0.1) is 0 Å². The number of pyridine rings is 1. The summed E-state index contributed by atoms with van der Waals surface area (Å²) in [4.78, 5) is 14.0. The molecule has 2 aromatic heterocycles. The number of nitrogens with zero attached hydrogens (tertiary/aromatic N) is 1. The number of rotatable bonds is 1. The lowest BCUT2D eigenvalue weighted by atomic mass is 10.0. The Morgan fingerprint density at radius 3 is 2.26 bits per heavy atom. The zero-order chi connectivity index (χ0) is 19.1. The summed E-state index contributed by atoms with van der Waals surface area (Å²) in [6, 6.07) is 4.30. The second-order valence-electron chi connectivity index (χ2n) is 6.45. The number of hydrogen-bond donors (Lipinski definition) is 3. The van der Waals surface area contributed by atoms with Gasteiger partial charge in [0.2, 0.25) is 17.3 Å². The first-order valence-electron chi connectivity index (χ1n) is 8.00. The van der Waals surface area contributed by atoms with Crippen molar-refractivity contribution in [1.29, 1.82) is 0 Å². The van der Waals surface area contributed by atoms with Crippen molar-refractivity contribution in [2.45, 2.75) is 18.4 Å². The fourth-order valence-electron chi connectivity index (χ4n) is 3.79. The van der Waals surface area contributed by atoms with Crippen LogP contribution in [0.15, 0.2) is 41.2 Å². The fraction of sp³-hybridized carbons (Fsp3) is 0.167. The number of nitrogens with one attached hydrogen (secondary N) is 1. The van der Waals surface area contributed by atoms with Crippen LogP contribution in [0.3, 0.4) is 0 Å². The first kappa shape index (κ1) is 16.0. The van der Waals surface area contributed by atoms with E-state index in [1.807, 2.05) is 0 Å². The Hall–Kier alpha value is -3.20. The SMILES string of the molecule is O=c1cc(C(F)(F)F)c2ccc(-n3c(O)c4c(c3O)C3C=CC4O3)cc2[nH]1. The largest absolute Gasteiger partial charge is 0.494 e. The van der Waals surface area contributed by atoms with Crippen LogP contribution in [0.2, 0.25) is 0 Å². The number of ether oxygens (including phenoxy) is 1. The maximum absolute atomic E-state index is 13.2. The molecule has 2 bridgehead atoms. The molecule has 0 spiro atoms. The second-order valence-corrected chi connectivity index (χ2v) is 6.45. The fourth-order valence-corrected chi connectivity index (χ4v) is 3.79. The van der Waals surface area contributed by atoms with Crippen LogP contribution in [-0.2, 0) is 10.9 Å². The van der Waals surface area contributed by atoms with Crippen LogP contribution >= 0.6 is 0 Å². The molecule has 2 atom stereocenters. The lowest BCUT2D eigenvalue weighted by Crippen LogP contribution is -2.14. The molecule has 1 aromatic carbocycles. The first-order chi connectivity index (χ1) is 12.8. The maximum Gasteiger partial charge on any atom is 0.417 e. The van der Waals surface area contributed by atoms with Gasteiger partial charge in [-0.3, -0.25) is 9.36 Å². The molecular weight excluding hydrogens is 365 g/mol. The quantitative estimate of drug-likeness (QED) is 0.568. The van der Waals surface area contributed by atoms with Crippen molar-refractivity contribution in [3.63, 3.8) is 0 Å². The summed E-state index contributed by atoms with van der Waals surface area (Å²) in [5, 5.41) is 20.9. The third-order valence-electron chi connectivity index (χ3n) is 4.91. The van der Waals surface area contributed by atoms with Crippen molar-refractivity contribution in [3.05, 3.63) is 63.5 Å². The van der Waals surface area contributed by atoms with E-state index in [2.05, 4.69) is 4.98 Å². The van der Waals surface area contributed by atoms with Gasteiger partial charge in [-0.15, -0.1) is 0 Å². The number of aromatic hydroxyl groups is 2. The Morgan fingerprint density at radius 2 is 1.67 bits per heavy atom. The highest BCUT2D eigenvalue weighted by Gasteiger charge is 2.42. The van der Waals surface area contributed by atoms with Crippen molar-refractivity contribution < 1.29 is 28.1 Å². The van der Waals surface area contributed by atoms with E-state index in [1.165, 1.54) is 18.2 Å². The standard InChI is InChI=1S/C18H11F3N2O4/c19-18(20,21)9-6-13(24)22-10-5-7(1-2-8(9)10)23-16(25)14-11-3-4-12(27-11)15(14)17(23)26/h1-6,11-12,25-26H,(H,22,24). The monoisotopic (exact) mass is 376 g/mol. The molecule has 3 aromatic rings. The Labute approximate surface area is 148 Å². The highest BCUT2D eigenvalue weighted by atomic mass is 19.4. The lowest BCUT2D eigenvalue weighted by molar-refractivity contribution is -0.136. The lowest BCUT2D eigenvalue weighted by Gasteiger charge is -2.13. The van der Waals surface area contributed by atoms with Gasteiger partial charge in [-0.25, -0.2) is 0 Å². The molecule has 0 fully saturated rings. The van der Waals surface area contributed by atoms with E-state index in [4.69, 9.17) is 4.74 Å². The Kier molecular flexibility index (Phi) is 2.93. The predicted molar refractivity (Wildman–Crippen MR) is 87.9 cm³/mol. The van der Waals surface area contributed by atoms with Crippen LogP contribution in [0.4, 0.5) is 13.2 Å². The third-order valence-corrected chi connectivity index (χ3v) is 4.91. The molecule has 2 unspecified atom stereocenters. The van der Waals surface area contributed by atoms with Crippen LogP contribution in [0.1, 0.15) is 28.9 Å². The van der Waals surface area contributed by atoms with Crippen LogP contribution < -0.4 is 5.56 Å². The van der Waals surface area contributed by atoms with Crippen LogP contribution in [0.25, 0.3) is 16.6 Å². The maximum atomic E-state index is 13.2. The van der Waals surface area contributed by atoms with Crippen molar-refractivity contribution in [1.82, 2.24) is 9.55 Å². The van der Waals surface area contributed by atoms with Crippen molar-refractivity contribution in [2.24, 2.45) is 0 Å². The van der Waals surface area contributed by atoms with E-state index in [1.54, 1.807) is 12.2 Å². The van der Waals surface area contributed by atoms with Crippen molar-refractivity contribution in [3.8, 4) is 17.4 Å². The molecule has 2 aliphatic heterocycles. The molecule has 0 saturated heterocycles. The second kappa shape index (κ2) is 4.95. The Balaban J connectivity index is 1.74. The van der Waals surface area contributed by atoms with Gasteiger partial charge in [0, 0.05) is 11.5 Å². The minimum Gasteiger partial charge on any atom is -0.494 e. The minimum atomic E-state index is -4.69. The zero-order valence-corrected chi connectivity index (χ0v) is 13.4.